The van der Waals surface area contributed by atoms with E-state index in [0.717, 1.165) is 13.1 Å². The van der Waals surface area contributed by atoms with Gasteiger partial charge < -0.3 is 9.80 Å². The maximum atomic E-state index is 12.9. The van der Waals surface area contributed by atoms with Gasteiger partial charge >= 0.3 is 0 Å². The number of piperazine rings is 1. The standard InChI is InChI=1S/C19H23N3O3S/c1-20-11-13-22(14-12-20)19(23)16-7-6-10-18(15-16)26(24,25)21(2)17-8-4-3-5-9-17/h3-10,15H,11-14H2,1-2H3. The molecule has 0 spiro atoms. The van der Waals surface area contributed by atoms with Gasteiger partial charge in [-0.1, -0.05) is 24.3 Å². The zero-order valence-corrected chi connectivity index (χ0v) is 15.8. The summed E-state index contributed by atoms with van der Waals surface area (Å²) in [6.45, 7) is 2.94. The van der Waals surface area contributed by atoms with Crippen molar-refractivity contribution in [3.63, 3.8) is 0 Å². The highest BCUT2D eigenvalue weighted by molar-refractivity contribution is 7.92. The largest absolute Gasteiger partial charge is 0.336 e. The summed E-state index contributed by atoms with van der Waals surface area (Å²) in [5, 5.41) is 0. The molecule has 7 heteroatoms. The van der Waals surface area contributed by atoms with Crippen molar-refractivity contribution in [2.24, 2.45) is 0 Å². The second kappa shape index (κ2) is 7.47. The van der Waals surface area contributed by atoms with Crippen LogP contribution in [0.5, 0.6) is 0 Å². The normalized spacial score (nSPS) is 15.7. The molecule has 1 aliphatic rings. The minimum atomic E-state index is -3.73. The fourth-order valence-electron chi connectivity index (χ4n) is 2.92. The molecule has 0 atom stereocenters. The smallest absolute Gasteiger partial charge is 0.264 e. The summed E-state index contributed by atoms with van der Waals surface area (Å²) in [5.74, 6) is -0.127. The van der Waals surface area contributed by atoms with Crippen LogP contribution in [0.2, 0.25) is 0 Å². The lowest BCUT2D eigenvalue weighted by Gasteiger charge is -2.32. The molecule has 0 N–H and O–H groups in total. The van der Waals surface area contributed by atoms with Gasteiger partial charge in [0.15, 0.2) is 0 Å². The summed E-state index contributed by atoms with van der Waals surface area (Å²) in [5.41, 5.74) is 0.973. The summed E-state index contributed by atoms with van der Waals surface area (Å²) in [6, 6.07) is 15.2. The van der Waals surface area contributed by atoms with Crippen LogP contribution in [0.1, 0.15) is 10.4 Å². The van der Waals surface area contributed by atoms with Crippen LogP contribution in [0.4, 0.5) is 5.69 Å². The predicted molar refractivity (Wildman–Crippen MR) is 102 cm³/mol. The van der Waals surface area contributed by atoms with Crippen molar-refractivity contribution in [2.75, 3.05) is 44.6 Å². The first-order valence-corrected chi connectivity index (χ1v) is 9.95. The Morgan fingerprint density at radius 1 is 0.962 bits per heavy atom. The summed E-state index contributed by atoms with van der Waals surface area (Å²) in [6.07, 6.45) is 0. The quantitative estimate of drug-likeness (QED) is 0.821. The highest BCUT2D eigenvalue weighted by atomic mass is 32.2. The molecule has 0 bridgehead atoms. The van der Waals surface area contributed by atoms with E-state index in [4.69, 9.17) is 0 Å². The van der Waals surface area contributed by atoms with Crippen LogP contribution in [-0.2, 0) is 10.0 Å². The molecule has 2 aromatic rings. The van der Waals surface area contributed by atoms with E-state index in [1.54, 1.807) is 41.3 Å². The molecule has 2 aromatic carbocycles. The Labute approximate surface area is 154 Å². The average Bonchev–Trinajstić information content (AvgIpc) is 2.68. The third-order valence-electron chi connectivity index (χ3n) is 4.65. The molecule has 3 rings (SSSR count). The fraction of sp³-hybridized carbons (Fsp3) is 0.316. The number of hydrogen-bond acceptors (Lipinski definition) is 4. The fourth-order valence-corrected chi connectivity index (χ4v) is 4.16. The number of rotatable bonds is 4. The van der Waals surface area contributed by atoms with E-state index < -0.39 is 10.0 Å². The average molecular weight is 373 g/mol. The minimum Gasteiger partial charge on any atom is -0.336 e. The summed E-state index contributed by atoms with van der Waals surface area (Å²) < 4.78 is 27.1. The highest BCUT2D eigenvalue weighted by Crippen LogP contribution is 2.22. The lowest BCUT2D eigenvalue weighted by molar-refractivity contribution is 0.0664. The van der Waals surface area contributed by atoms with E-state index in [0.29, 0.717) is 24.3 Å². The van der Waals surface area contributed by atoms with Gasteiger partial charge in [-0.3, -0.25) is 9.10 Å². The molecule has 26 heavy (non-hydrogen) atoms. The maximum absolute atomic E-state index is 12.9. The number of nitrogens with zero attached hydrogens (tertiary/aromatic N) is 3. The molecule has 138 valence electrons. The number of hydrogen-bond donors (Lipinski definition) is 0. The Balaban J connectivity index is 1.85. The van der Waals surface area contributed by atoms with Crippen LogP contribution in [0.3, 0.4) is 0 Å². The number of carbonyl (C=O) groups is 1. The van der Waals surface area contributed by atoms with E-state index in [-0.39, 0.29) is 10.8 Å². The third kappa shape index (κ3) is 3.73. The van der Waals surface area contributed by atoms with Crippen LogP contribution in [0.25, 0.3) is 0 Å². The van der Waals surface area contributed by atoms with E-state index >= 15 is 0 Å². The molecule has 1 aliphatic heterocycles. The summed E-state index contributed by atoms with van der Waals surface area (Å²) >= 11 is 0. The van der Waals surface area contributed by atoms with Crippen LogP contribution in [-0.4, -0.2) is 64.4 Å². The van der Waals surface area contributed by atoms with Gasteiger partial charge in [-0.2, -0.15) is 0 Å². The lowest BCUT2D eigenvalue weighted by Crippen LogP contribution is -2.47. The Morgan fingerprint density at radius 2 is 1.62 bits per heavy atom. The Bertz CT molecular complexity index is 876. The van der Waals surface area contributed by atoms with Gasteiger partial charge in [0.05, 0.1) is 10.6 Å². The zero-order valence-electron chi connectivity index (χ0n) is 15.0. The predicted octanol–water partition coefficient (Wildman–Crippen LogP) is 1.90. The Morgan fingerprint density at radius 3 is 2.27 bits per heavy atom. The first-order valence-electron chi connectivity index (χ1n) is 8.51. The Hall–Kier alpha value is -2.38. The van der Waals surface area contributed by atoms with Gasteiger partial charge in [0.1, 0.15) is 0 Å². The first kappa shape index (κ1) is 18.4. The SMILES string of the molecule is CN1CCN(C(=O)c2cccc(S(=O)(=O)N(C)c3ccccc3)c2)CC1. The molecular formula is C19H23N3O3S. The topological polar surface area (TPSA) is 60.9 Å². The van der Waals surface area contributed by atoms with E-state index in [2.05, 4.69) is 4.90 Å². The molecule has 0 aromatic heterocycles. The van der Waals surface area contributed by atoms with E-state index in [1.165, 1.54) is 23.5 Å². The Kier molecular flexibility index (Phi) is 5.29. The van der Waals surface area contributed by atoms with E-state index in [9.17, 15) is 13.2 Å². The number of para-hydroxylation sites is 1. The van der Waals surface area contributed by atoms with Gasteiger partial charge in [0, 0.05) is 38.8 Å². The van der Waals surface area contributed by atoms with Gasteiger partial charge in [0.2, 0.25) is 0 Å². The third-order valence-corrected chi connectivity index (χ3v) is 6.43. The van der Waals surface area contributed by atoms with E-state index in [1.807, 2.05) is 13.1 Å². The molecule has 1 amide bonds. The van der Waals surface area contributed by atoms with Crippen LogP contribution in [0, 0.1) is 0 Å². The van der Waals surface area contributed by atoms with Crippen molar-refractivity contribution in [2.45, 2.75) is 4.90 Å². The van der Waals surface area contributed by atoms with Gasteiger partial charge in [-0.15, -0.1) is 0 Å². The van der Waals surface area contributed by atoms with Gasteiger partial charge in [-0.05, 0) is 37.4 Å². The first-order chi connectivity index (χ1) is 12.4. The molecule has 0 radical (unpaired) electrons. The zero-order chi connectivity index (χ0) is 18.7. The van der Waals surface area contributed by atoms with Crippen molar-refractivity contribution in [3.8, 4) is 0 Å². The number of benzene rings is 2. The van der Waals surface area contributed by atoms with Crippen LogP contribution < -0.4 is 4.31 Å². The van der Waals surface area contributed by atoms with Gasteiger partial charge in [0.25, 0.3) is 15.9 Å². The second-order valence-electron chi connectivity index (χ2n) is 6.43. The van der Waals surface area contributed by atoms with Crippen molar-refractivity contribution in [1.82, 2.24) is 9.80 Å². The highest BCUT2D eigenvalue weighted by Gasteiger charge is 2.24. The molecule has 0 aliphatic carbocycles. The number of amides is 1. The molecule has 0 unspecified atom stereocenters. The van der Waals surface area contributed by atoms with Crippen molar-refractivity contribution in [1.29, 1.82) is 0 Å². The monoisotopic (exact) mass is 373 g/mol. The molecule has 0 saturated carbocycles. The molecule has 6 nitrogen and oxygen atoms in total. The summed E-state index contributed by atoms with van der Waals surface area (Å²) in [4.78, 5) is 16.8. The number of likely N-dealkylation sites (N-methyl/N-ethyl adjacent to an activating group) is 1. The number of carbonyl (C=O) groups excluding carboxylic acids is 1. The maximum Gasteiger partial charge on any atom is 0.264 e. The molecule has 1 fully saturated rings. The van der Waals surface area contributed by atoms with Crippen molar-refractivity contribution < 1.29 is 13.2 Å². The number of anilines is 1. The van der Waals surface area contributed by atoms with Crippen LogP contribution in [0.15, 0.2) is 59.5 Å². The minimum absolute atomic E-state index is 0.115. The van der Waals surface area contributed by atoms with Crippen LogP contribution >= 0.6 is 0 Å². The number of sulfonamides is 1. The second-order valence-corrected chi connectivity index (χ2v) is 8.40. The van der Waals surface area contributed by atoms with Gasteiger partial charge in [-0.25, -0.2) is 8.42 Å². The summed E-state index contributed by atoms with van der Waals surface area (Å²) in [7, 11) is -0.197. The van der Waals surface area contributed by atoms with Crippen molar-refractivity contribution in [3.05, 3.63) is 60.2 Å². The molecule has 1 heterocycles. The lowest BCUT2D eigenvalue weighted by atomic mass is 10.2. The molecular weight excluding hydrogens is 350 g/mol. The van der Waals surface area contributed by atoms with Crippen molar-refractivity contribution >= 4 is 21.6 Å². The molecule has 1 saturated heterocycles.